The van der Waals surface area contributed by atoms with Crippen molar-refractivity contribution in [3.05, 3.63) is 0 Å². The van der Waals surface area contributed by atoms with Crippen LogP contribution in [0.2, 0.25) is 0 Å². The maximum Gasteiger partial charge on any atom is 0.314 e. The zero-order chi connectivity index (χ0) is 14.3. The van der Waals surface area contributed by atoms with Crippen LogP contribution in [0.5, 0.6) is 0 Å². The largest absolute Gasteiger partial charge is 0.481 e. The summed E-state index contributed by atoms with van der Waals surface area (Å²) < 4.78 is 5.57. The first kappa shape index (κ1) is 15.8. The average molecular weight is 272 g/mol. The number of aliphatic carboxylic acids is 1. The van der Waals surface area contributed by atoms with E-state index >= 15 is 0 Å². The minimum Gasteiger partial charge on any atom is -0.481 e. The van der Waals surface area contributed by atoms with Crippen LogP contribution in [-0.2, 0) is 9.53 Å². The fourth-order valence-corrected chi connectivity index (χ4v) is 2.04. The van der Waals surface area contributed by atoms with Crippen molar-refractivity contribution in [1.82, 2.24) is 10.6 Å². The van der Waals surface area contributed by atoms with Gasteiger partial charge < -0.3 is 20.5 Å². The molecule has 0 aliphatic carbocycles. The maximum atomic E-state index is 11.6. The molecule has 1 rings (SSSR count). The lowest BCUT2D eigenvalue weighted by Gasteiger charge is -2.23. The van der Waals surface area contributed by atoms with Crippen LogP contribution in [-0.4, -0.2) is 42.4 Å². The van der Waals surface area contributed by atoms with E-state index in [9.17, 15) is 9.59 Å². The molecule has 0 aromatic heterocycles. The number of hydrogen-bond acceptors (Lipinski definition) is 3. The fraction of sp³-hybridized carbons (Fsp3) is 0.846. The van der Waals surface area contributed by atoms with Gasteiger partial charge in [0.05, 0.1) is 5.60 Å². The molecule has 110 valence electrons. The van der Waals surface area contributed by atoms with Crippen LogP contribution in [0.3, 0.4) is 0 Å². The normalized spacial score (nSPS) is 23.9. The average Bonchev–Trinajstić information content (AvgIpc) is 2.79. The Balaban J connectivity index is 2.12. The fourth-order valence-electron chi connectivity index (χ4n) is 2.04. The van der Waals surface area contributed by atoms with Crippen molar-refractivity contribution in [3.63, 3.8) is 0 Å². The van der Waals surface area contributed by atoms with Crippen molar-refractivity contribution < 1.29 is 19.4 Å². The van der Waals surface area contributed by atoms with Gasteiger partial charge in [0.25, 0.3) is 0 Å². The summed E-state index contributed by atoms with van der Waals surface area (Å²) in [7, 11) is 0. The highest BCUT2D eigenvalue weighted by Gasteiger charge is 2.29. The molecule has 0 bridgehead atoms. The molecular weight excluding hydrogens is 248 g/mol. The van der Waals surface area contributed by atoms with Crippen molar-refractivity contribution in [2.24, 2.45) is 5.92 Å². The number of urea groups is 1. The minimum absolute atomic E-state index is 0.135. The van der Waals surface area contributed by atoms with E-state index in [1.165, 1.54) is 0 Å². The summed E-state index contributed by atoms with van der Waals surface area (Å²) >= 11 is 0. The van der Waals surface area contributed by atoms with E-state index in [-0.39, 0.29) is 24.0 Å². The highest BCUT2D eigenvalue weighted by molar-refractivity contribution is 5.73. The molecular formula is C13H24N2O4. The summed E-state index contributed by atoms with van der Waals surface area (Å²) in [6.07, 6.45) is 2.70. The molecule has 0 spiro atoms. The second-order valence-corrected chi connectivity index (χ2v) is 5.50. The van der Waals surface area contributed by atoms with E-state index in [2.05, 4.69) is 10.6 Å². The number of hydrogen-bond donors (Lipinski definition) is 3. The van der Waals surface area contributed by atoms with Crippen LogP contribution in [0.1, 0.15) is 39.5 Å². The van der Waals surface area contributed by atoms with Crippen LogP contribution < -0.4 is 10.6 Å². The van der Waals surface area contributed by atoms with Gasteiger partial charge in [0, 0.05) is 26.1 Å². The van der Waals surface area contributed by atoms with Gasteiger partial charge in [0.2, 0.25) is 0 Å². The number of nitrogens with one attached hydrogen (secondary N) is 2. The molecule has 1 saturated heterocycles. The van der Waals surface area contributed by atoms with Crippen LogP contribution in [0.25, 0.3) is 0 Å². The number of rotatable bonds is 7. The van der Waals surface area contributed by atoms with E-state index in [1.54, 1.807) is 0 Å². The number of carboxylic acid groups (broad SMARTS) is 1. The number of ether oxygens (including phenoxy) is 1. The summed E-state index contributed by atoms with van der Waals surface area (Å²) in [5, 5.41) is 14.1. The van der Waals surface area contributed by atoms with Crippen LogP contribution in [0.15, 0.2) is 0 Å². The smallest absolute Gasteiger partial charge is 0.314 e. The van der Waals surface area contributed by atoms with Crippen molar-refractivity contribution in [3.8, 4) is 0 Å². The van der Waals surface area contributed by atoms with Crippen LogP contribution in [0.4, 0.5) is 4.79 Å². The van der Waals surface area contributed by atoms with Gasteiger partial charge >= 0.3 is 12.0 Å². The summed E-state index contributed by atoms with van der Waals surface area (Å²) in [4.78, 5) is 22.0. The molecule has 3 N–H and O–H groups in total. The molecule has 0 radical (unpaired) electrons. The van der Waals surface area contributed by atoms with Gasteiger partial charge in [-0.3, -0.25) is 4.79 Å². The summed E-state index contributed by atoms with van der Waals surface area (Å²) in [5.74, 6) is -0.650. The number of carbonyl (C=O) groups excluding carboxylic acids is 1. The first-order valence-corrected chi connectivity index (χ1v) is 6.79. The Morgan fingerprint density at radius 1 is 1.42 bits per heavy atom. The van der Waals surface area contributed by atoms with Gasteiger partial charge in [-0.25, -0.2) is 4.79 Å². The summed E-state index contributed by atoms with van der Waals surface area (Å²) in [6.45, 7) is 5.66. The van der Waals surface area contributed by atoms with Crippen molar-refractivity contribution >= 4 is 12.0 Å². The molecule has 2 atom stereocenters. The third-order valence-electron chi connectivity index (χ3n) is 3.39. The number of carboxylic acids is 1. The van der Waals surface area contributed by atoms with E-state index in [1.807, 2.05) is 13.8 Å². The molecule has 19 heavy (non-hydrogen) atoms. The SMILES string of the molecule is CC(CCC(=O)O)CNC(=O)NCC1(C)CCCO1. The number of amides is 2. The Labute approximate surface area is 113 Å². The van der Waals surface area contributed by atoms with E-state index < -0.39 is 5.97 Å². The van der Waals surface area contributed by atoms with E-state index in [4.69, 9.17) is 9.84 Å². The third-order valence-corrected chi connectivity index (χ3v) is 3.39. The monoisotopic (exact) mass is 272 g/mol. The quantitative estimate of drug-likeness (QED) is 0.653. The van der Waals surface area contributed by atoms with Gasteiger partial charge in [-0.2, -0.15) is 0 Å². The first-order valence-electron chi connectivity index (χ1n) is 6.79. The molecule has 2 amide bonds. The molecule has 1 aliphatic rings. The predicted octanol–water partition coefficient (Wildman–Crippen LogP) is 1.36. The topological polar surface area (TPSA) is 87.7 Å². The Morgan fingerprint density at radius 2 is 2.16 bits per heavy atom. The molecule has 1 fully saturated rings. The molecule has 6 nitrogen and oxygen atoms in total. The maximum absolute atomic E-state index is 11.6. The van der Waals surface area contributed by atoms with Gasteiger partial charge in [-0.1, -0.05) is 6.92 Å². The lowest BCUT2D eigenvalue weighted by atomic mass is 10.0. The van der Waals surface area contributed by atoms with Crippen LogP contribution in [0, 0.1) is 5.92 Å². The van der Waals surface area contributed by atoms with Crippen molar-refractivity contribution in [2.75, 3.05) is 19.7 Å². The molecule has 6 heteroatoms. The highest BCUT2D eigenvalue weighted by atomic mass is 16.5. The Hall–Kier alpha value is -1.30. The van der Waals surface area contributed by atoms with Gasteiger partial charge in [-0.05, 0) is 32.1 Å². The zero-order valence-electron chi connectivity index (χ0n) is 11.7. The lowest BCUT2D eigenvalue weighted by Crippen LogP contribution is -2.45. The Kier molecular flexibility index (Phi) is 6.08. The minimum atomic E-state index is -0.803. The predicted molar refractivity (Wildman–Crippen MR) is 71.0 cm³/mol. The van der Waals surface area contributed by atoms with Gasteiger partial charge in [0.15, 0.2) is 0 Å². The molecule has 0 saturated carbocycles. The van der Waals surface area contributed by atoms with Crippen molar-refractivity contribution in [1.29, 1.82) is 0 Å². The van der Waals surface area contributed by atoms with E-state index in [0.717, 1.165) is 19.4 Å². The number of carbonyl (C=O) groups is 2. The molecule has 0 aromatic rings. The standard InChI is InChI=1S/C13H24N2O4/c1-10(4-5-11(16)17)8-14-12(18)15-9-13(2)6-3-7-19-13/h10H,3-9H2,1-2H3,(H,16,17)(H2,14,15,18). The summed E-state index contributed by atoms with van der Waals surface area (Å²) in [5.41, 5.74) is -0.244. The van der Waals surface area contributed by atoms with E-state index in [0.29, 0.717) is 19.5 Å². The highest BCUT2D eigenvalue weighted by Crippen LogP contribution is 2.23. The zero-order valence-corrected chi connectivity index (χ0v) is 11.7. The summed E-state index contributed by atoms with van der Waals surface area (Å²) in [6, 6.07) is -0.223. The molecule has 0 aromatic carbocycles. The Bertz CT molecular complexity index is 314. The van der Waals surface area contributed by atoms with Gasteiger partial charge in [-0.15, -0.1) is 0 Å². The second kappa shape index (κ2) is 7.33. The molecule has 2 unspecified atom stereocenters. The Morgan fingerprint density at radius 3 is 2.74 bits per heavy atom. The first-order chi connectivity index (χ1) is 8.91. The van der Waals surface area contributed by atoms with Crippen LogP contribution >= 0.6 is 0 Å². The van der Waals surface area contributed by atoms with Crippen molar-refractivity contribution in [2.45, 2.75) is 45.1 Å². The third kappa shape index (κ3) is 6.42. The molecule has 1 heterocycles. The molecule has 1 aliphatic heterocycles. The van der Waals surface area contributed by atoms with Gasteiger partial charge in [0.1, 0.15) is 0 Å². The second-order valence-electron chi connectivity index (χ2n) is 5.50. The lowest BCUT2D eigenvalue weighted by molar-refractivity contribution is -0.137.